The Labute approximate surface area is 66.9 Å². The van der Waals surface area contributed by atoms with Crippen LogP contribution >= 0.6 is 0 Å². The van der Waals surface area contributed by atoms with Crippen LogP contribution in [0.5, 0.6) is 0 Å². The highest BCUT2D eigenvalue weighted by Crippen LogP contribution is 2.06. The van der Waals surface area contributed by atoms with Crippen LogP contribution in [0.3, 0.4) is 0 Å². The van der Waals surface area contributed by atoms with Gasteiger partial charge in [-0.15, -0.1) is 0 Å². The first kappa shape index (κ1) is 8.21. The monoisotopic (exact) mass is 151 g/mol. The summed E-state index contributed by atoms with van der Waals surface area (Å²) in [6, 6.07) is 3.85. The van der Waals surface area contributed by atoms with Gasteiger partial charge in [-0.05, 0) is 25.0 Å². The molecule has 0 unspecified atom stereocenters. The number of aryl methyl sites for hydroxylation is 2. The molecule has 1 rings (SSSR count). The van der Waals surface area contributed by atoms with Gasteiger partial charge in [-0.2, -0.15) is 0 Å². The summed E-state index contributed by atoms with van der Waals surface area (Å²) in [5, 5.41) is 8.79. The van der Waals surface area contributed by atoms with E-state index in [2.05, 4.69) is 11.9 Å². The summed E-state index contributed by atoms with van der Waals surface area (Å²) in [7, 11) is 0. The van der Waals surface area contributed by atoms with Gasteiger partial charge in [0.2, 0.25) is 0 Å². The normalized spacial score (nSPS) is 10.1. The van der Waals surface area contributed by atoms with E-state index >= 15 is 0 Å². The highest BCUT2D eigenvalue weighted by molar-refractivity contribution is 5.21. The number of pyridine rings is 1. The quantitative estimate of drug-likeness (QED) is 0.693. The highest BCUT2D eigenvalue weighted by Gasteiger charge is 1.98. The van der Waals surface area contributed by atoms with Gasteiger partial charge in [0.15, 0.2) is 0 Å². The van der Waals surface area contributed by atoms with Gasteiger partial charge in [0.05, 0.1) is 12.3 Å². The first-order valence-electron chi connectivity index (χ1n) is 3.84. The standard InChI is InChI=1S/C9H13NO/c1-3-9-7(2)4-5-8(6-11)10-9/h4-5,11H,3,6H2,1-2H3. The van der Waals surface area contributed by atoms with Crippen molar-refractivity contribution >= 4 is 0 Å². The van der Waals surface area contributed by atoms with Gasteiger partial charge in [-0.3, -0.25) is 4.98 Å². The SMILES string of the molecule is CCc1nc(CO)ccc1C. The summed E-state index contributed by atoms with van der Waals surface area (Å²) < 4.78 is 0. The number of aromatic nitrogens is 1. The van der Waals surface area contributed by atoms with Crippen LogP contribution in [0.25, 0.3) is 0 Å². The molecule has 1 aromatic heterocycles. The average molecular weight is 151 g/mol. The molecule has 0 aliphatic rings. The summed E-state index contributed by atoms with van der Waals surface area (Å²) in [6.07, 6.45) is 0.930. The summed E-state index contributed by atoms with van der Waals surface area (Å²) in [5.74, 6) is 0. The van der Waals surface area contributed by atoms with Gasteiger partial charge in [0.1, 0.15) is 0 Å². The van der Waals surface area contributed by atoms with Crippen molar-refractivity contribution in [1.29, 1.82) is 0 Å². The Morgan fingerprint density at radius 1 is 1.45 bits per heavy atom. The number of hydrogen-bond donors (Lipinski definition) is 1. The van der Waals surface area contributed by atoms with E-state index in [0.717, 1.165) is 17.8 Å². The molecular weight excluding hydrogens is 138 g/mol. The fourth-order valence-corrected chi connectivity index (χ4v) is 1.06. The molecule has 0 fully saturated rings. The van der Waals surface area contributed by atoms with Crippen molar-refractivity contribution in [2.75, 3.05) is 0 Å². The third kappa shape index (κ3) is 1.77. The first-order valence-corrected chi connectivity index (χ1v) is 3.84. The van der Waals surface area contributed by atoms with Gasteiger partial charge < -0.3 is 5.11 Å². The van der Waals surface area contributed by atoms with Crippen LogP contribution in [0.15, 0.2) is 12.1 Å². The molecule has 0 saturated heterocycles. The number of hydrogen-bond acceptors (Lipinski definition) is 2. The molecule has 0 atom stereocenters. The average Bonchev–Trinajstić information content (AvgIpc) is 2.05. The van der Waals surface area contributed by atoms with Crippen molar-refractivity contribution in [3.8, 4) is 0 Å². The van der Waals surface area contributed by atoms with Gasteiger partial charge in [0.25, 0.3) is 0 Å². The zero-order chi connectivity index (χ0) is 8.27. The third-order valence-corrected chi connectivity index (χ3v) is 1.76. The van der Waals surface area contributed by atoms with Gasteiger partial charge in [0, 0.05) is 5.69 Å². The maximum absolute atomic E-state index is 8.79. The molecule has 0 aliphatic carbocycles. The summed E-state index contributed by atoms with van der Waals surface area (Å²) in [5.41, 5.74) is 3.04. The molecule has 1 N–H and O–H groups in total. The zero-order valence-electron chi connectivity index (χ0n) is 6.96. The first-order chi connectivity index (χ1) is 5.27. The maximum Gasteiger partial charge on any atom is 0.0853 e. The lowest BCUT2D eigenvalue weighted by Gasteiger charge is -2.02. The van der Waals surface area contributed by atoms with E-state index in [1.807, 2.05) is 19.1 Å². The van der Waals surface area contributed by atoms with Crippen molar-refractivity contribution in [2.45, 2.75) is 26.9 Å². The van der Waals surface area contributed by atoms with Crippen molar-refractivity contribution in [3.63, 3.8) is 0 Å². The second kappa shape index (κ2) is 3.49. The zero-order valence-corrected chi connectivity index (χ0v) is 6.96. The maximum atomic E-state index is 8.79. The molecule has 0 bridgehead atoms. The summed E-state index contributed by atoms with van der Waals surface area (Å²) in [4.78, 5) is 4.26. The minimum Gasteiger partial charge on any atom is -0.390 e. The summed E-state index contributed by atoms with van der Waals surface area (Å²) in [6.45, 7) is 4.14. The number of rotatable bonds is 2. The molecular formula is C9H13NO. The predicted octanol–water partition coefficient (Wildman–Crippen LogP) is 1.44. The lowest BCUT2D eigenvalue weighted by Crippen LogP contribution is -1.96. The van der Waals surface area contributed by atoms with E-state index in [4.69, 9.17) is 5.11 Å². The van der Waals surface area contributed by atoms with Crippen molar-refractivity contribution in [2.24, 2.45) is 0 Å². The lowest BCUT2D eigenvalue weighted by atomic mass is 10.1. The molecule has 0 amide bonds. The minimum atomic E-state index is 0.0350. The largest absolute Gasteiger partial charge is 0.390 e. The van der Waals surface area contributed by atoms with Gasteiger partial charge in [-0.25, -0.2) is 0 Å². The van der Waals surface area contributed by atoms with Crippen molar-refractivity contribution < 1.29 is 5.11 Å². The van der Waals surface area contributed by atoms with Crippen molar-refractivity contribution in [1.82, 2.24) is 4.98 Å². The number of nitrogens with zero attached hydrogens (tertiary/aromatic N) is 1. The molecule has 11 heavy (non-hydrogen) atoms. The Balaban J connectivity index is 3.02. The second-order valence-electron chi connectivity index (χ2n) is 2.58. The Morgan fingerprint density at radius 2 is 2.18 bits per heavy atom. The lowest BCUT2D eigenvalue weighted by molar-refractivity contribution is 0.276. The van der Waals surface area contributed by atoms with E-state index in [1.54, 1.807) is 0 Å². The van der Waals surface area contributed by atoms with Gasteiger partial charge >= 0.3 is 0 Å². The van der Waals surface area contributed by atoms with Crippen LogP contribution in [0.1, 0.15) is 23.9 Å². The van der Waals surface area contributed by atoms with E-state index in [0.29, 0.717) is 0 Å². The second-order valence-corrected chi connectivity index (χ2v) is 2.58. The van der Waals surface area contributed by atoms with Gasteiger partial charge in [-0.1, -0.05) is 13.0 Å². The van der Waals surface area contributed by atoms with Crippen LogP contribution in [-0.2, 0) is 13.0 Å². The Hall–Kier alpha value is -0.890. The van der Waals surface area contributed by atoms with Crippen LogP contribution in [0.2, 0.25) is 0 Å². The van der Waals surface area contributed by atoms with Crippen LogP contribution in [0.4, 0.5) is 0 Å². The molecule has 1 aromatic rings. The van der Waals surface area contributed by atoms with Crippen LogP contribution < -0.4 is 0 Å². The van der Waals surface area contributed by atoms with Crippen molar-refractivity contribution in [3.05, 3.63) is 29.1 Å². The highest BCUT2D eigenvalue weighted by atomic mass is 16.3. The topological polar surface area (TPSA) is 33.1 Å². The minimum absolute atomic E-state index is 0.0350. The fourth-order valence-electron chi connectivity index (χ4n) is 1.06. The Bertz CT molecular complexity index is 245. The van der Waals surface area contributed by atoms with E-state index in [1.165, 1.54) is 5.56 Å². The number of aliphatic hydroxyl groups excluding tert-OH is 1. The molecule has 60 valence electrons. The fraction of sp³-hybridized carbons (Fsp3) is 0.444. The predicted molar refractivity (Wildman–Crippen MR) is 44.3 cm³/mol. The Kier molecular flexibility index (Phi) is 2.60. The molecule has 0 aliphatic heterocycles. The smallest absolute Gasteiger partial charge is 0.0853 e. The molecule has 2 heteroatoms. The van der Waals surface area contributed by atoms with Crippen LogP contribution in [0, 0.1) is 6.92 Å². The van der Waals surface area contributed by atoms with E-state index in [-0.39, 0.29) is 6.61 Å². The molecule has 0 radical (unpaired) electrons. The molecule has 0 spiro atoms. The van der Waals surface area contributed by atoms with E-state index in [9.17, 15) is 0 Å². The molecule has 1 heterocycles. The Morgan fingerprint density at radius 3 is 2.73 bits per heavy atom. The van der Waals surface area contributed by atoms with E-state index < -0.39 is 0 Å². The molecule has 0 aromatic carbocycles. The molecule has 0 saturated carbocycles. The van der Waals surface area contributed by atoms with Crippen LogP contribution in [-0.4, -0.2) is 10.1 Å². The number of aliphatic hydroxyl groups is 1. The molecule has 2 nitrogen and oxygen atoms in total. The third-order valence-electron chi connectivity index (χ3n) is 1.76. The summed E-state index contributed by atoms with van der Waals surface area (Å²) >= 11 is 0.